The van der Waals surface area contributed by atoms with Crippen LogP contribution in [0.25, 0.3) is 0 Å². The molecule has 0 bridgehead atoms. The summed E-state index contributed by atoms with van der Waals surface area (Å²) >= 11 is 0. The molecule has 2 amide bonds. The Morgan fingerprint density at radius 3 is 2.09 bits per heavy atom. The Hall–Kier alpha value is -3.90. The molecule has 8 nitrogen and oxygen atoms in total. The van der Waals surface area contributed by atoms with Crippen molar-refractivity contribution in [1.29, 1.82) is 0 Å². The molecule has 1 atom stereocenters. The molecule has 1 fully saturated rings. The lowest BCUT2D eigenvalue weighted by molar-refractivity contribution is -0.138. The van der Waals surface area contributed by atoms with E-state index >= 15 is 0 Å². The maximum absolute atomic E-state index is 13.6. The Balaban J connectivity index is 1.55. The molecule has 0 unspecified atom stereocenters. The van der Waals surface area contributed by atoms with Crippen molar-refractivity contribution < 1.29 is 35.9 Å². The summed E-state index contributed by atoms with van der Waals surface area (Å²) in [5.41, 5.74) is 1.66. The van der Waals surface area contributed by atoms with Crippen LogP contribution in [0.3, 0.4) is 0 Å². The van der Waals surface area contributed by atoms with E-state index in [9.17, 15) is 31.2 Å². The molecule has 0 spiro atoms. The number of ether oxygens (including phenoxy) is 1. The van der Waals surface area contributed by atoms with Gasteiger partial charge in [0.1, 0.15) is 11.8 Å². The molecule has 230 valence electrons. The smallest absolute Gasteiger partial charge is 0.416 e. The van der Waals surface area contributed by atoms with Gasteiger partial charge < -0.3 is 15.0 Å². The predicted octanol–water partition coefficient (Wildman–Crippen LogP) is 4.60. The van der Waals surface area contributed by atoms with Crippen LogP contribution in [0.4, 0.5) is 13.2 Å². The van der Waals surface area contributed by atoms with Crippen molar-refractivity contribution in [2.75, 3.05) is 26.7 Å². The molecule has 0 saturated carbocycles. The van der Waals surface area contributed by atoms with Crippen LogP contribution in [0.5, 0.6) is 5.75 Å². The molecule has 1 aliphatic rings. The highest BCUT2D eigenvalue weighted by Crippen LogP contribution is 2.31. The summed E-state index contributed by atoms with van der Waals surface area (Å²) in [5.74, 6) is 0.0503. The van der Waals surface area contributed by atoms with E-state index in [0.717, 1.165) is 33.1 Å². The van der Waals surface area contributed by atoms with E-state index in [1.807, 2.05) is 24.3 Å². The van der Waals surface area contributed by atoms with Gasteiger partial charge in [-0.05, 0) is 59.0 Å². The molecule has 4 rings (SSSR count). The van der Waals surface area contributed by atoms with Gasteiger partial charge in [0.15, 0.2) is 0 Å². The summed E-state index contributed by atoms with van der Waals surface area (Å²) in [7, 11) is -2.85. The number of rotatable bonds is 9. The van der Waals surface area contributed by atoms with Crippen molar-refractivity contribution in [3.63, 3.8) is 0 Å². The fourth-order valence-corrected chi connectivity index (χ4v) is 6.37. The molecule has 1 saturated heterocycles. The molecule has 12 heteroatoms. The number of hydrogen-bond acceptors (Lipinski definition) is 5. The van der Waals surface area contributed by atoms with Crippen LogP contribution in [-0.4, -0.2) is 62.2 Å². The van der Waals surface area contributed by atoms with Crippen molar-refractivity contribution in [1.82, 2.24) is 14.5 Å². The number of carbonyl (C=O) groups is 2. The zero-order valence-electron chi connectivity index (χ0n) is 24.1. The molecule has 1 N–H and O–H groups in total. The fourth-order valence-electron chi connectivity index (χ4n) is 4.80. The van der Waals surface area contributed by atoms with E-state index < -0.39 is 33.7 Å². The SMILES string of the molecule is COc1ccc(CC(=O)N2CCN(S(=O)(=O)c3ccc(C(F)(F)F)cc3)[C@@H](C(=O)NCc3ccc(C(C)C)cc3)C2)cc1. The van der Waals surface area contributed by atoms with E-state index in [1.165, 1.54) is 12.0 Å². The van der Waals surface area contributed by atoms with Crippen molar-refractivity contribution in [3.05, 3.63) is 95.1 Å². The first-order chi connectivity index (χ1) is 20.3. The molecular formula is C31H34F3N3O5S. The second kappa shape index (κ2) is 13.2. The third kappa shape index (κ3) is 7.74. The van der Waals surface area contributed by atoms with Crippen LogP contribution in [0.15, 0.2) is 77.7 Å². The Morgan fingerprint density at radius 2 is 1.53 bits per heavy atom. The van der Waals surface area contributed by atoms with E-state index in [2.05, 4.69) is 19.2 Å². The zero-order chi connectivity index (χ0) is 31.4. The molecule has 1 heterocycles. The van der Waals surface area contributed by atoms with Gasteiger partial charge in [-0.1, -0.05) is 50.2 Å². The number of sulfonamides is 1. The van der Waals surface area contributed by atoms with E-state index in [-0.39, 0.29) is 43.4 Å². The van der Waals surface area contributed by atoms with E-state index in [0.29, 0.717) is 23.8 Å². The molecule has 0 radical (unpaired) electrons. The number of hydrogen-bond donors (Lipinski definition) is 1. The third-order valence-corrected chi connectivity index (χ3v) is 9.32. The van der Waals surface area contributed by atoms with Crippen molar-refractivity contribution in [3.8, 4) is 5.75 Å². The minimum atomic E-state index is -4.63. The number of alkyl halides is 3. The quantitative estimate of drug-likeness (QED) is 0.379. The maximum Gasteiger partial charge on any atom is 0.416 e. The second-order valence-corrected chi connectivity index (χ2v) is 12.5. The normalized spacial score (nSPS) is 16.3. The summed E-state index contributed by atoms with van der Waals surface area (Å²) in [6.07, 6.45) is -4.60. The third-order valence-electron chi connectivity index (χ3n) is 7.40. The summed E-state index contributed by atoms with van der Waals surface area (Å²) < 4.78 is 72.6. The number of piperazine rings is 1. The van der Waals surface area contributed by atoms with Gasteiger partial charge >= 0.3 is 6.18 Å². The van der Waals surface area contributed by atoms with Gasteiger partial charge in [-0.15, -0.1) is 0 Å². The Morgan fingerprint density at radius 1 is 0.930 bits per heavy atom. The van der Waals surface area contributed by atoms with Crippen LogP contribution in [-0.2, 0) is 38.8 Å². The van der Waals surface area contributed by atoms with E-state index in [1.54, 1.807) is 24.3 Å². The lowest BCUT2D eigenvalue weighted by atomic mass is 10.0. The summed E-state index contributed by atoms with van der Waals surface area (Å²) in [6, 6.07) is 16.4. The highest BCUT2D eigenvalue weighted by atomic mass is 32.2. The topological polar surface area (TPSA) is 96.0 Å². The highest BCUT2D eigenvalue weighted by Gasteiger charge is 2.41. The first kappa shape index (κ1) is 32.0. The molecule has 43 heavy (non-hydrogen) atoms. The zero-order valence-corrected chi connectivity index (χ0v) is 24.9. The molecule has 3 aromatic rings. The number of methoxy groups -OCH3 is 1. The average molecular weight is 618 g/mol. The van der Waals surface area contributed by atoms with Crippen LogP contribution in [0.1, 0.15) is 42.0 Å². The first-order valence-electron chi connectivity index (χ1n) is 13.8. The largest absolute Gasteiger partial charge is 0.497 e. The van der Waals surface area contributed by atoms with Gasteiger partial charge in [-0.25, -0.2) is 8.42 Å². The lowest BCUT2D eigenvalue weighted by Gasteiger charge is -2.39. The molecule has 0 aromatic heterocycles. The number of nitrogens with one attached hydrogen (secondary N) is 1. The highest BCUT2D eigenvalue weighted by molar-refractivity contribution is 7.89. The Labute approximate surface area is 249 Å². The monoisotopic (exact) mass is 617 g/mol. The van der Waals surface area contributed by atoms with Crippen LogP contribution < -0.4 is 10.1 Å². The number of halogens is 3. The summed E-state index contributed by atoms with van der Waals surface area (Å²) in [5, 5.41) is 2.78. The first-order valence-corrected chi connectivity index (χ1v) is 15.2. The summed E-state index contributed by atoms with van der Waals surface area (Å²) in [6.45, 7) is 3.84. The number of benzene rings is 3. The average Bonchev–Trinajstić information content (AvgIpc) is 2.99. The number of nitrogens with zero attached hydrogens (tertiary/aromatic N) is 2. The van der Waals surface area contributed by atoms with Crippen molar-refractivity contribution in [2.45, 2.75) is 49.8 Å². The standard InChI is InChI=1S/C31H34F3N3O5S/c1-21(2)24-8-4-23(5-9-24)19-35-30(39)28-20-36(29(38)18-22-6-12-26(42-3)13-7-22)16-17-37(28)43(40,41)27-14-10-25(11-15-27)31(32,33)34/h4-15,21,28H,16-20H2,1-3H3,(H,35,39)/t28-/m1/s1. The fraction of sp³-hybridized carbons (Fsp3) is 0.355. The molecule has 3 aromatic carbocycles. The van der Waals surface area contributed by atoms with Crippen LogP contribution >= 0.6 is 0 Å². The lowest BCUT2D eigenvalue weighted by Crippen LogP contribution is -2.61. The van der Waals surface area contributed by atoms with Gasteiger partial charge in [0.05, 0.1) is 24.0 Å². The minimum Gasteiger partial charge on any atom is -0.497 e. The number of carbonyl (C=O) groups excluding carboxylic acids is 2. The van der Waals surface area contributed by atoms with E-state index in [4.69, 9.17) is 4.74 Å². The maximum atomic E-state index is 13.6. The predicted molar refractivity (Wildman–Crippen MR) is 155 cm³/mol. The Bertz CT molecular complexity index is 1520. The van der Waals surface area contributed by atoms with Gasteiger partial charge in [0.25, 0.3) is 0 Å². The van der Waals surface area contributed by atoms with Gasteiger partial charge in [0, 0.05) is 26.2 Å². The van der Waals surface area contributed by atoms with Crippen LogP contribution in [0, 0.1) is 0 Å². The molecular weight excluding hydrogens is 583 g/mol. The van der Waals surface area contributed by atoms with Crippen molar-refractivity contribution >= 4 is 21.8 Å². The minimum absolute atomic E-state index is 0.00922. The second-order valence-electron chi connectivity index (χ2n) is 10.6. The van der Waals surface area contributed by atoms with Gasteiger partial charge in [-0.3, -0.25) is 9.59 Å². The Kier molecular flexibility index (Phi) is 9.81. The van der Waals surface area contributed by atoms with Gasteiger partial charge in [0.2, 0.25) is 21.8 Å². The number of amides is 2. The van der Waals surface area contributed by atoms with Gasteiger partial charge in [-0.2, -0.15) is 17.5 Å². The van der Waals surface area contributed by atoms with Crippen LogP contribution in [0.2, 0.25) is 0 Å². The molecule has 1 aliphatic heterocycles. The molecule has 0 aliphatic carbocycles. The summed E-state index contributed by atoms with van der Waals surface area (Å²) in [4.78, 5) is 27.8. The van der Waals surface area contributed by atoms with Crippen molar-refractivity contribution in [2.24, 2.45) is 0 Å².